The van der Waals surface area contributed by atoms with E-state index in [2.05, 4.69) is 9.80 Å². The van der Waals surface area contributed by atoms with Gasteiger partial charge in [0.15, 0.2) is 0 Å². The first kappa shape index (κ1) is 13.4. The van der Waals surface area contributed by atoms with Crippen molar-refractivity contribution < 1.29 is 4.79 Å². The first-order valence-electron chi connectivity index (χ1n) is 6.15. The Kier molecular flexibility index (Phi) is 6.37. The molecule has 1 saturated heterocycles. The highest BCUT2D eigenvalue weighted by Gasteiger charge is 2.17. The van der Waals surface area contributed by atoms with E-state index in [4.69, 9.17) is 11.5 Å². The number of piperazine rings is 1. The molecule has 4 N–H and O–H groups in total. The zero-order valence-corrected chi connectivity index (χ0v) is 10.0. The van der Waals surface area contributed by atoms with Gasteiger partial charge in [0.2, 0.25) is 5.91 Å². The maximum atomic E-state index is 10.7. The van der Waals surface area contributed by atoms with E-state index in [1.807, 2.05) is 0 Å². The second kappa shape index (κ2) is 7.60. The van der Waals surface area contributed by atoms with Crippen molar-refractivity contribution in [2.45, 2.75) is 19.3 Å². The minimum absolute atomic E-state index is 0.226. The van der Waals surface area contributed by atoms with Crippen LogP contribution in [-0.2, 0) is 4.79 Å². The fourth-order valence-electron chi connectivity index (χ4n) is 2.05. The van der Waals surface area contributed by atoms with Gasteiger partial charge in [0.1, 0.15) is 0 Å². The standard InChI is InChI=1S/C11H24N4O/c12-4-2-1-3-5-14-6-8-15(9-7-14)10-11(13)16/h1-10,12H2,(H2,13,16). The Morgan fingerprint density at radius 2 is 1.62 bits per heavy atom. The van der Waals surface area contributed by atoms with Gasteiger partial charge >= 0.3 is 0 Å². The van der Waals surface area contributed by atoms with Gasteiger partial charge < -0.3 is 16.4 Å². The lowest BCUT2D eigenvalue weighted by molar-refractivity contribution is -0.119. The molecule has 0 atom stereocenters. The number of hydrogen-bond donors (Lipinski definition) is 2. The van der Waals surface area contributed by atoms with E-state index < -0.39 is 0 Å². The second-order valence-electron chi connectivity index (χ2n) is 4.43. The van der Waals surface area contributed by atoms with Gasteiger partial charge in [-0.2, -0.15) is 0 Å². The summed E-state index contributed by atoms with van der Waals surface area (Å²) in [6.07, 6.45) is 3.58. The number of nitrogens with two attached hydrogens (primary N) is 2. The lowest BCUT2D eigenvalue weighted by Crippen LogP contribution is -2.48. The molecule has 1 aliphatic rings. The third-order valence-corrected chi connectivity index (χ3v) is 3.02. The zero-order valence-electron chi connectivity index (χ0n) is 10.0. The number of unbranched alkanes of at least 4 members (excludes halogenated alkanes) is 2. The van der Waals surface area contributed by atoms with Crippen LogP contribution in [0.1, 0.15) is 19.3 Å². The normalized spacial score (nSPS) is 18.8. The average Bonchev–Trinajstić information content (AvgIpc) is 2.26. The van der Waals surface area contributed by atoms with Gasteiger partial charge in [-0.15, -0.1) is 0 Å². The first-order chi connectivity index (χ1) is 7.72. The van der Waals surface area contributed by atoms with Crippen LogP contribution in [0.2, 0.25) is 0 Å². The number of rotatable bonds is 7. The van der Waals surface area contributed by atoms with E-state index in [1.165, 1.54) is 12.8 Å². The molecule has 94 valence electrons. The van der Waals surface area contributed by atoms with Gasteiger partial charge in [-0.1, -0.05) is 6.42 Å². The molecule has 5 heteroatoms. The van der Waals surface area contributed by atoms with Crippen LogP contribution in [0.15, 0.2) is 0 Å². The number of hydrogen-bond acceptors (Lipinski definition) is 4. The monoisotopic (exact) mass is 228 g/mol. The van der Waals surface area contributed by atoms with Crippen LogP contribution < -0.4 is 11.5 Å². The molecule has 0 radical (unpaired) electrons. The van der Waals surface area contributed by atoms with Crippen molar-refractivity contribution in [1.82, 2.24) is 9.80 Å². The lowest BCUT2D eigenvalue weighted by atomic mass is 10.2. The number of primary amides is 1. The molecule has 0 spiro atoms. The summed E-state index contributed by atoms with van der Waals surface area (Å²) in [5.74, 6) is -0.226. The van der Waals surface area contributed by atoms with Crippen LogP contribution in [0.5, 0.6) is 0 Å². The van der Waals surface area contributed by atoms with Crippen molar-refractivity contribution in [3.8, 4) is 0 Å². The van der Waals surface area contributed by atoms with Gasteiger partial charge in [-0.05, 0) is 25.9 Å². The SMILES string of the molecule is NCCCCCN1CCN(CC(N)=O)CC1. The highest BCUT2D eigenvalue weighted by Crippen LogP contribution is 2.03. The topological polar surface area (TPSA) is 75.6 Å². The molecule has 1 amide bonds. The maximum Gasteiger partial charge on any atom is 0.231 e. The summed E-state index contributed by atoms with van der Waals surface area (Å²) in [7, 11) is 0. The van der Waals surface area contributed by atoms with Crippen molar-refractivity contribution in [2.24, 2.45) is 11.5 Å². The van der Waals surface area contributed by atoms with Crippen molar-refractivity contribution in [1.29, 1.82) is 0 Å². The lowest BCUT2D eigenvalue weighted by Gasteiger charge is -2.33. The Balaban J connectivity index is 2.05. The molecule has 0 bridgehead atoms. The van der Waals surface area contributed by atoms with E-state index in [9.17, 15) is 4.79 Å². The second-order valence-corrected chi connectivity index (χ2v) is 4.43. The minimum Gasteiger partial charge on any atom is -0.369 e. The van der Waals surface area contributed by atoms with Crippen LogP contribution in [0.4, 0.5) is 0 Å². The molecule has 0 aliphatic carbocycles. The van der Waals surface area contributed by atoms with Crippen molar-refractivity contribution >= 4 is 5.91 Å². The Bertz CT molecular complexity index is 202. The Morgan fingerprint density at radius 1 is 1.00 bits per heavy atom. The van der Waals surface area contributed by atoms with Gasteiger partial charge in [0.25, 0.3) is 0 Å². The Labute approximate surface area is 97.7 Å². The smallest absolute Gasteiger partial charge is 0.231 e. The molecule has 0 aromatic heterocycles. The minimum atomic E-state index is -0.226. The van der Waals surface area contributed by atoms with Crippen molar-refractivity contribution in [2.75, 3.05) is 45.8 Å². The highest BCUT2D eigenvalue weighted by molar-refractivity contribution is 5.75. The van der Waals surface area contributed by atoms with E-state index in [0.29, 0.717) is 6.54 Å². The molecule has 1 aliphatic heterocycles. The molecule has 1 rings (SSSR count). The number of carbonyl (C=O) groups is 1. The van der Waals surface area contributed by atoms with Crippen LogP contribution >= 0.6 is 0 Å². The summed E-state index contributed by atoms with van der Waals surface area (Å²) in [6, 6.07) is 0. The van der Waals surface area contributed by atoms with E-state index in [-0.39, 0.29) is 5.91 Å². The summed E-state index contributed by atoms with van der Waals surface area (Å²) in [5, 5.41) is 0. The van der Waals surface area contributed by atoms with Gasteiger partial charge in [0, 0.05) is 26.2 Å². The van der Waals surface area contributed by atoms with Crippen LogP contribution in [0, 0.1) is 0 Å². The highest BCUT2D eigenvalue weighted by atomic mass is 16.1. The van der Waals surface area contributed by atoms with Crippen molar-refractivity contribution in [3.63, 3.8) is 0 Å². The molecule has 1 heterocycles. The molecule has 5 nitrogen and oxygen atoms in total. The third kappa shape index (κ3) is 5.44. The maximum absolute atomic E-state index is 10.7. The average molecular weight is 228 g/mol. The predicted molar refractivity (Wildman–Crippen MR) is 65.0 cm³/mol. The van der Waals surface area contributed by atoms with Gasteiger partial charge in [-0.25, -0.2) is 0 Å². The summed E-state index contributed by atoms with van der Waals surface area (Å²) in [6.45, 7) is 6.38. The largest absolute Gasteiger partial charge is 0.369 e. The van der Waals surface area contributed by atoms with Crippen LogP contribution in [-0.4, -0.2) is 61.5 Å². The molecule has 1 fully saturated rings. The number of amides is 1. The predicted octanol–water partition coefficient (Wildman–Crippen LogP) is -0.782. The van der Waals surface area contributed by atoms with Gasteiger partial charge in [0.05, 0.1) is 6.54 Å². The fraction of sp³-hybridized carbons (Fsp3) is 0.909. The summed E-state index contributed by atoms with van der Waals surface area (Å²) < 4.78 is 0. The van der Waals surface area contributed by atoms with E-state index in [1.54, 1.807) is 0 Å². The van der Waals surface area contributed by atoms with Crippen LogP contribution in [0.3, 0.4) is 0 Å². The Hall–Kier alpha value is -0.650. The quantitative estimate of drug-likeness (QED) is 0.560. The Morgan fingerprint density at radius 3 is 2.19 bits per heavy atom. The first-order valence-corrected chi connectivity index (χ1v) is 6.15. The third-order valence-electron chi connectivity index (χ3n) is 3.02. The van der Waals surface area contributed by atoms with E-state index in [0.717, 1.165) is 45.7 Å². The zero-order chi connectivity index (χ0) is 11.8. The van der Waals surface area contributed by atoms with E-state index >= 15 is 0 Å². The molecule has 16 heavy (non-hydrogen) atoms. The molecule has 0 aromatic rings. The molecule has 0 aromatic carbocycles. The summed E-state index contributed by atoms with van der Waals surface area (Å²) in [5.41, 5.74) is 10.6. The fourth-order valence-corrected chi connectivity index (χ4v) is 2.05. The molecular formula is C11H24N4O. The molecule has 0 unspecified atom stereocenters. The number of carbonyl (C=O) groups excluding carboxylic acids is 1. The van der Waals surface area contributed by atoms with Gasteiger partial charge in [-0.3, -0.25) is 9.69 Å². The van der Waals surface area contributed by atoms with Crippen LogP contribution in [0.25, 0.3) is 0 Å². The van der Waals surface area contributed by atoms with Crippen molar-refractivity contribution in [3.05, 3.63) is 0 Å². The summed E-state index contributed by atoms with van der Waals surface area (Å²) in [4.78, 5) is 15.3. The number of nitrogens with zero attached hydrogens (tertiary/aromatic N) is 2. The molecular weight excluding hydrogens is 204 g/mol. The molecule has 0 saturated carbocycles. The summed E-state index contributed by atoms with van der Waals surface area (Å²) >= 11 is 0.